The fourth-order valence-electron chi connectivity index (χ4n) is 2.29. The molecule has 2 rings (SSSR count). The molecule has 0 spiro atoms. The van der Waals surface area contributed by atoms with Crippen LogP contribution in [0.1, 0.15) is 29.7 Å². The van der Waals surface area contributed by atoms with E-state index in [0.29, 0.717) is 11.1 Å². The van der Waals surface area contributed by atoms with Gasteiger partial charge in [0.25, 0.3) is 0 Å². The van der Waals surface area contributed by atoms with E-state index in [1.807, 2.05) is 19.1 Å². The largest absolute Gasteiger partial charge is 0.224 e. The lowest BCUT2D eigenvalue weighted by molar-refractivity contribution is 0.565. The fourth-order valence-corrected chi connectivity index (χ4v) is 4.31. The van der Waals surface area contributed by atoms with Gasteiger partial charge >= 0.3 is 0 Å². The van der Waals surface area contributed by atoms with Crippen molar-refractivity contribution in [1.29, 1.82) is 0 Å². The summed E-state index contributed by atoms with van der Waals surface area (Å²) in [7, 11) is -6.76. The summed E-state index contributed by atoms with van der Waals surface area (Å²) in [6.07, 6.45) is 1.13. The Bertz CT molecular complexity index is 900. The second-order valence-corrected chi connectivity index (χ2v) is 9.70. The van der Waals surface area contributed by atoms with Gasteiger partial charge in [0.05, 0.1) is 10.6 Å². The van der Waals surface area contributed by atoms with Crippen LogP contribution in [-0.4, -0.2) is 23.1 Å². The normalized spacial score (nSPS) is 13.6. The molecule has 0 aliphatic heterocycles. The van der Waals surface area contributed by atoms with Crippen LogP contribution >= 0.6 is 0 Å². The average Bonchev–Trinajstić information content (AvgIpc) is 2.48. The van der Waals surface area contributed by atoms with Gasteiger partial charge in [-0.15, -0.1) is 0 Å². The second-order valence-electron chi connectivity index (χ2n) is 5.93. The van der Waals surface area contributed by atoms with Gasteiger partial charge in [0.15, 0.2) is 9.84 Å². The molecule has 2 aromatic carbocycles. The number of aryl methyl sites for hydroxylation is 1. The highest BCUT2D eigenvalue weighted by Gasteiger charge is 2.17. The standard InChI is InChI=1S/C17H21NO4S2/c1-13-4-6-15(7-5-13)12-24(21,22)18-14(2)16-8-10-17(11-9-16)23(3,19)20/h4-11,14,18H,12H2,1-3H3/t14-/m1/s1. The summed E-state index contributed by atoms with van der Waals surface area (Å²) in [6, 6.07) is 13.1. The van der Waals surface area contributed by atoms with Crippen LogP contribution in [0.15, 0.2) is 53.4 Å². The van der Waals surface area contributed by atoms with Gasteiger partial charge in [0, 0.05) is 12.3 Å². The van der Waals surface area contributed by atoms with Gasteiger partial charge in [-0.2, -0.15) is 0 Å². The third-order valence-electron chi connectivity index (χ3n) is 3.64. The lowest BCUT2D eigenvalue weighted by Gasteiger charge is -2.15. The maximum absolute atomic E-state index is 12.3. The maximum Gasteiger partial charge on any atom is 0.216 e. The van der Waals surface area contributed by atoms with E-state index in [1.165, 1.54) is 12.1 Å². The molecule has 0 bridgehead atoms. The van der Waals surface area contributed by atoms with E-state index in [4.69, 9.17) is 0 Å². The molecule has 0 heterocycles. The molecule has 0 aromatic heterocycles. The van der Waals surface area contributed by atoms with Crippen molar-refractivity contribution >= 4 is 19.9 Å². The molecule has 0 unspecified atom stereocenters. The maximum atomic E-state index is 12.3. The van der Waals surface area contributed by atoms with E-state index in [1.54, 1.807) is 31.2 Å². The van der Waals surface area contributed by atoms with E-state index in [0.717, 1.165) is 11.8 Å². The number of benzene rings is 2. The number of nitrogens with one attached hydrogen (secondary N) is 1. The van der Waals surface area contributed by atoms with E-state index >= 15 is 0 Å². The predicted molar refractivity (Wildman–Crippen MR) is 94.9 cm³/mol. The third-order valence-corrected chi connectivity index (χ3v) is 6.20. The number of sulfone groups is 1. The number of hydrogen-bond acceptors (Lipinski definition) is 4. The summed E-state index contributed by atoms with van der Waals surface area (Å²) in [5, 5.41) is 0. The highest BCUT2D eigenvalue weighted by molar-refractivity contribution is 7.90. The molecule has 1 N–H and O–H groups in total. The minimum Gasteiger partial charge on any atom is -0.224 e. The molecular formula is C17H21NO4S2. The van der Waals surface area contributed by atoms with Crippen molar-refractivity contribution in [2.75, 3.05) is 6.26 Å². The molecule has 0 fully saturated rings. The van der Waals surface area contributed by atoms with Crippen molar-refractivity contribution in [2.45, 2.75) is 30.5 Å². The zero-order valence-corrected chi connectivity index (χ0v) is 15.5. The lowest BCUT2D eigenvalue weighted by atomic mass is 10.1. The first-order chi connectivity index (χ1) is 11.1. The number of sulfonamides is 1. The minimum atomic E-state index is -3.50. The van der Waals surface area contributed by atoms with Crippen molar-refractivity contribution in [1.82, 2.24) is 4.72 Å². The summed E-state index contributed by atoms with van der Waals surface area (Å²) in [5.74, 6) is -0.0982. The number of rotatable bonds is 6. The van der Waals surface area contributed by atoms with Crippen LogP contribution in [0, 0.1) is 6.92 Å². The number of hydrogen-bond donors (Lipinski definition) is 1. The first-order valence-electron chi connectivity index (χ1n) is 7.42. The average molecular weight is 367 g/mol. The molecule has 7 heteroatoms. The fraction of sp³-hybridized carbons (Fsp3) is 0.294. The van der Waals surface area contributed by atoms with Crippen molar-refractivity contribution in [3.8, 4) is 0 Å². The Hall–Kier alpha value is -1.70. The van der Waals surface area contributed by atoms with Crippen molar-refractivity contribution in [3.63, 3.8) is 0 Å². The van der Waals surface area contributed by atoms with Crippen LogP contribution in [0.4, 0.5) is 0 Å². The molecule has 0 saturated heterocycles. The Kier molecular flexibility index (Phi) is 5.47. The summed E-state index contributed by atoms with van der Waals surface area (Å²) < 4.78 is 50.1. The molecule has 130 valence electrons. The van der Waals surface area contributed by atoms with E-state index < -0.39 is 25.9 Å². The summed E-state index contributed by atoms with van der Waals surface area (Å²) in [6.45, 7) is 3.67. The molecule has 5 nitrogen and oxygen atoms in total. The van der Waals surface area contributed by atoms with E-state index in [-0.39, 0.29) is 10.6 Å². The van der Waals surface area contributed by atoms with Crippen LogP contribution in [0.25, 0.3) is 0 Å². The zero-order valence-electron chi connectivity index (χ0n) is 13.9. The Morgan fingerprint density at radius 3 is 1.96 bits per heavy atom. The van der Waals surface area contributed by atoms with Crippen LogP contribution in [-0.2, 0) is 25.6 Å². The van der Waals surface area contributed by atoms with Gasteiger partial charge in [-0.3, -0.25) is 0 Å². The predicted octanol–water partition coefficient (Wildman–Crippen LogP) is 2.58. The molecule has 0 aliphatic carbocycles. The summed E-state index contributed by atoms with van der Waals surface area (Å²) in [5.41, 5.74) is 2.49. The quantitative estimate of drug-likeness (QED) is 0.851. The molecule has 0 aliphatic rings. The van der Waals surface area contributed by atoms with Gasteiger partial charge in [-0.05, 0) is 37.1 Å². The minimum absolute atomic E-state index is 0.0982. The first kappa shape index (κ1) is 18.6. The van der Waals surface area contributed by atoms with Gasteiger partial charge < -0.3 is 0 Å². The highest BCUT2D eigenvalue weighted by atomic mass is 32.2. The monoisotopic (exact) mass is 367 g/mol. The molecule has 0 radical (unpaired) electrons. The smallest absolute Gasteiger partial charge is 0.216 e. The van der Waals surface area contributed by atoms with Gasteiger partial charge in [0.1, 0.15) is 0 Å². The lowest BCUT2D eigenvalue weighted by Crippen LogP contribution is -2.28. The van der Waals surface area contributed by atoms with Crippen LogP contribution in [0.3, 0.4) is 0 Å². The van der Waals surface area contributed by atoms with Gasteiger partial charge in [-0.25, -0.2) is 21.6 Å². The summed E-state index contributed by atoms with van der Waals surface area (Å²) >= 11 is 0. The molecule has 0 saturated carbocycles. The Labute approximate surface area is 143 Å². The topological polar surface area (TPSA) is 80.3 Å². The van der Waals surface area contributed by atoms with E-state index in [9.17, 15) is 16.8 Å². The molecular weight excluding hydrogens is 346 g/mol. The Balaban J connectivity index is 2.10. The molecule has 1 atom stereocenters. The molecule has 0 amide bonds. The third kappa shape index (κ3) is 5.15. The van der Waals surface area contributed by atoms with Crippen molar-refractivity contribution in [3.05, 3.63) is 65.2 Å². The molecule has 2 aromatic rings. The Morgan fingerprint density at radius 1 is 0.917 bits per heavy atom. The van der Waals surface area contributed by atoms with Crippen molar-refractivity contribution in [2.24, 2.45) is 0 Å². The Morgan fingerprint density at radius 2 is 1.46 bits per heavy atom. The van der Waals surface area contributed by atoms with Crippen LogP contribution in [0.5, 0.6) is 0 Å². The molecule has 24 heavy (non-hydrogen) atoms. The van der Waals surface area contributed by atoms with E-state index in [2.05, 4.69) is 4.72 Å². The van der Waals surface area contributed by atoms with Crippen molar-refractivity contribution < 1.29 is 16.8 Å². The zero-order chi connectivity index (χ0) is 18.0. The van der Waals surface area contributed by atoms with Crippen LogP contribution in [0.2, 0.25) is 0 Å². The summed E-state index contributed by atoms with van der Waals surface area (Å²) in [4.78, 5) is 0.209. The first-order valence-corrected chi connectivity index (χ1v) is 11.0. The SMILES string of the molecule is Cc1ccc(CS(=O)(=O)N[C@H](C)c2ccc(S(C)(=O)=O)cc2)cc1. The second kappa shape index (κ2) is 7.04. The van der Waals surface area contributed by atoms with Gasteiger partial charge in [0.2, 0.25) is 10.0 Å². The highest BCUT2D eigenvalue weighted by Crippen LogP contribution is 2.18. The van der Waals surface area contributed by atoms with Crippen LogP contribution < -0.4 is 4.72 Å². The van der Waals surface area contributed by atoms with Gasteiger partial charge in [-0.1, -0.05) is 42.0 Å².